The van der Waals surface area contributed by atoms with Gasteiger partial charge in [-0.25, -0.2) is 9.78 Å². The van der Waals surface area contributed by atoms with Crippen LogP contribution in [0.2, 0.25) is 0 Å². The van der Waals surface area contributed by atoms with Crippen LogP contribution in [-0.4, -0.2) is 44.2 Å². The molecule has 0 unspecified atom stereocenters. The Morgan fingerprint density at radius 3 is 2.71 bits per heavy atom. The number of methoxy groups -OCH3 is 1. The summed E-state index contributed by atoms with van der Waals surface area (Å²) in [5, 5.41) is 17.3. The molecule has 0 saturated carbocycles. The van der Waals surface area contributed by atoms with Crippen LogP contribution in [0.5, 0.6) is 5.75 Å². The Balaban J connectivity index is 1.25. The molecule has 4 aromatic rings. The van der Waals surface area contributed by atoms with Crippen molar-refractivity contribution in [3.63, 3.8) is 0 Å². The summed E-state index contributed by atoms with van der Waals surface area (Å²) in [4.78, 5) is 30.1. The van der Waals surface area contributed by atoms with E-state index in [4.69, 9.17) is 9.47 Å². The molecule has 1 amide bonds. The molecular formula is C23H22N6O4S. The predicted octanol–water partition coefficient (Wildman–Crippen LogP) is 3.04. The van der Waals surface area contributed by atoms with Crippen LogP contribution in [-0.2, 0) is 33.9 Å². The number of nitrogens with zero attached hydrogens (tertiary/aromatic N) is 5. The molecule has 0 aliphatic carbocycles. The van der Waals surface area contributed by atoms with Crippen LogP contribution in [0, 0.1) is 6.92 Å². The number of para-hydroxylation sites is 2. The second kappa shape index (κ2) is 10.7. The summed E-state index contributed by atoms with van der Waals surface area (Å²) in [5.74, 6) is 0.277. The third-order valence-electron chi connectivity index (χ3n) is 4.71. The standard InChI is InChI=1S/C23H22N6O4S/c1-15-7-9-16(10-8-15)23-26-28-29(27-23)12-22(31)33-13-17-14-34-21(24-17)11-20(30)25-18-5-3-4-6-19(18)32-2/h3-10,14H,11-13H2,1-2H3,(H,25,30). The minimum atomic E-state index is -0.517. The third-order valence-corrected chi connectivity index (χ3v) is 5.60. The number of thiazole rings is 1. The van der Waals surface area contributed by atoms with Gasteiger partial charge in [-0.1, -0.05) is 42.0 Å². The maximum Gasteiger partial charge on any atom is 0.330 e. The van der Waals surface area contributed by atoms with Crippen molar-refractivity contribution in [2.24, 2.45) is 0 Å². The molecule has 11 heteroatoms. The third kappa shape index (κ3) is 6.01. The first-order valence-electron chi connectivity index (χ1n) is 10.4. The van der Waals surface area contributed by atoms with Gasteiger partial charge in [0.1, 0.15) is 17.4 Å². The first kappa shape index (κ1) is 23.1. The van der Waals surface area contributed by atoms with Crippen molar-refractivity contribution in [2.75, 3.05) is 12.4 Å². The number of benzene rings is 2. The molecule has 0 fully saturated rings. The number of hydrogen-bond donors (Lipinski definition) is 1. The average molecular weight is 479 g/mol. The van der Waals surface area contributed by atoms with E-state index in [9.17, 15) is 9.59 Å². The van der Waals surface area contributed by atoms with Gasteiger partial charge in [0.25, 0.3) is 0 Å². The van der Waals surface area contributed by atoms with E-state index in [1.807, 2.05) is 43.3 Å². The molecule has 34 heavy (non-hydrogen) atoms. The van der Waals surface area contributed by atoms with E-state index < -0.39 is 5.97 Å². The summed E-state index contributed by atoms with van der Waals surface area (Å²) >= 11 is 1.32. The Morgan fingerprint density at radius 1 is 1.12 bits per heavy atom. The molecule has 0 aliphatic heterocycles. The minimum Gasteiger partial charge on any atom is -0.495 e. The summed E-state index contributed by atoms with van der Waals surface area (Å²) < 4.78 is 10.5. The summed E-state index contributed by atoms with van der Waals surface area (Å²) in [7, 11) is 1.54. The van der Waals surface area contributed by atoms with Gasteiger partial charge in [-0.3, -0.25) is 4.79 Å². The molecule has 1 N–H and O–H groups in total. The van der Waals surface area contributed by atoms with E-state index in [2.05, 4.69) is 25.7 Å². The van der Waals surface area contributed by atoms with Crippen LogP contribution < -0.4 is 10.1 Å². The number of tetrazole rings is 1. The quantitative estimate of drug-likeness (QED) is 0.364. The van der Waals surface area contributed by atoms with Gasteiger partial charge in [0.15, 0.2) is 6.54 Å². The second-order valence-electron chi connectivity index (χ2n) is 7.33. The Hall–Kier alpha value is -4.12. The molecule has 0 aliphatic rings. The molecule has 4 rings (SSSR count). The lowest BCUT2D eigenvalue weighted by molar-refractivity contribution is -0.146. The van der Waals surface area contributed by atoms with Crippen molar-refractivity contribution in [2.45, 2.75) is 26.5 Å². The molecule has 174 valence electrons. The number of hydrogen-bond acceptors (Lipinski definition) is 9. The number of rotatable bonds is 9. The van der Waals surface area contributed by atoms with Gasteiger partial charge in [0.2, 0.25) is 11.7 Å². The SMILES string of the molecule is COc1ccccc1NC(=O)Cc1nc(COC(=O)Cn2nnc(-c3ccc(C)cc3)n2)cs1. The molecule has 0 spiro atoms. The summed E-state index contributed by atoms with van der Waals surface area (Å²) in [5.41, 5.74) is 3.09. The first-order valence-corrected chi connectivity index (χ1v) is 11.2. The van der Waals surface area contributed by atoms with Crippen LogP contribution in [0.1, 0.15) is 16.3 Å². The average Bonchev–Trinajstić information content (AvgIpc) is 3.48. The van der Waals surface area contributed by atoms with E-state index in [0.717, 1.165) is 11.1 Å². The van der Waals surface area contributed by atoms with Crippen LogP contribution in [0.3, 0.4) is 0 Å². The zero-order valence-corrected chi connectivity index (χ0v) is 19.4. The number of anilines is 1. The number of esters is 1. The van der Waals surface area contributed by atoms with Gasteiger partial charge in [-0.2, -0.15) is 4.80 Å². The minimum absolute atomic E-state index is 0.0109. The summed E-state index contributed by atoms with van der Waals surface area (Å²) in [6, 6.07) is 14.9. The summed E-state index contributed by atoms with van der Waals surface area (Å²) in [6.07, 6.45) is 0.0985. The topological polar surface area (TPSA) is 121 Å². The lowest BCUT2D eigenvalue weighted by Crippen LogP contribution is -2.16. The zero-order valence-electron chi connectivity index (χ0n) is 18.6. The van der Waals surface area contributed by atoms with Gasteiger partial charge >= 0.3 is 5.97 Å². The molecule has 10 nitrogen and oxygen atoms in total. The smallest absolute Gasteiger partial charge is 0.330 e. The van der Waals surface area contributed by atoms with E-state index in [0.29, 0.717) is 28.0 Å². The maximum atomic E-state index is 12.3. The number of aryl methyl sites for hydroxylation is 1. The molecule has 0 radical (unpaired) electrons. The molecule has 2 heterocycles. The van der Waals surface area contributed by atoms with E-state index >= 15 is 0 Å². The van der Waals surface area contributed by atoms with Crippen LogP contribution in [0.15, 0.2) is 53.9 Å². The number of nitrogens with one attached hydrogen (secondary N) is 1. The first-order chi connectivity index (χ1) is 16.5. The lowest BCUT2D eigenvalue weighted by Gasteiger charge is -2.08. The van der Waals surface area contributed by atoms with Gasteiger partial charge in [0, 0.05) is 10.9 Å². The van der Waals surface area contributed by atoms with Gasteiger partial charge in [0.05, 0.1) is 24.9 Å². The van der Waals surface area contributed by atoms with E-state index in [-0.39, 0.29) is 25.5 Å². The fourth-order valence-corrected chi connectivity index (χ4v) is 3.80. The number of carbonyl (C=O) groups is 2. The van der Waals surface area contributed by atoms with Gasteiger partial charge in [-0.05, 0) is 24.3 Å². The summed E-state index contributed by atoms with van der Waals surface area (Å²) in [6.45, 7) is 1.81. The Bertz CT molecular complexity index is 1280. The van der Waals surface area contributed by atoms with Crippen molar-refractivity contribution in [1.82, 2.24) is 25.2 Å². The predicted molar refractivity (Wildman–Crippen MR) is 125 cm³/mol. The number of amides is 1. The molecule has 2 aromatic carbocycles. The molecule has 0 saturated heterocycles. The highest BCUT2D eigenvalue weighted by molar-refractivity contribution is 7.09. The number of ether oxygens (including phenoxy) is 2. The van der Waals surface area contributed by atoms with Gasteiger partial charge < -0.3 is 14.8 Å². The Labute approximate surface area is 199 Å². The maximum absolute atomic E-state index is 12.3. The highest BCUT2D eigenvalue weighted by Gasteiger charge is 2.13. The normalized spacial score (nSPS) is 10.6. The highest BCUT2D eigenvalue weighted by Crippen LogP contribution is 2.23. The number of aromatic nitrogens is 5. The molecule has 0 atom stereocenters. The number of carbonyl (C=O) groups excluding carboxylic acids is 2. The molecular weight excluding hydrogens is 456 g/mol. The molecule has 2 aromatic heterocycles. The van der Waals surface area contributed by atoms with E-state index in [1.54, 1.807) is 24.6 Å². The van der Waals surface area contributed by atoms with Gasteiger partial charge in [-0.15, -0.1) is 21.5 Å². The zero-order chi connectivity index (χ0) is 23.9. The fraction of sp³-hybridized carbons (Fsp3) is 0.217. The monoisotopic (exact) mass is 478 g/mol. The lowest BCUT2D eigenvalue weighted by atomic mass is 10.1. The van der Waals surface area contributed by atoms with Crippen molar-refractivity contribution in [3.8, 4) is 17.1 Å². The van der Waals surface area contributed by atoms with Crippen molar-refractivity contribution < 1.29 is 19.1 Å². The Morgan fingerprint density at radius 2 is 1.91 bits per heavy atom. The van der Waals surface area contributed by atoms with Crippen LogP contribution >= 0.6 is 11.3 Å². The van der Waals surface area contributed by atoms with Crippen molar-refractivity contribution >= 4 is 28.9 Å². The second-order valence-corrected chi connectivity index (χ2v) is 8.27. The Kier molecular flexibility index (Phi) is 7.23. The van der Waals surface area contributed by atoms with Crippen LogP contribution in [0.25, 0.3) is 11.4 Å². The highest BCUT2D eigenvalue weighted by atomic mass is 32.1. The van der Waals surface area contributed by atoms with Crippen molar-refractivity contribution in [1.29, 1.82) is 0 Å². The van der Waals surface area contributed by atoms with Crippen molar-refractivity contribution in [3.05, 3.63) is 70.2 Å². The van der Waals surface area contributed by atoms with E-state index in [1.165, 1.54) is 16.1 Å². The van der Waals surface area contributed by atoms with Crippen LogP contribution in [0.4, 0.5) is 5.69 Å². The largest absolute Gasteiger partial charge is 0.495 e. The molecule has 0 bridgehead atoms. The fourth-order valence-electron chi connectivity index (χ4n) is 3.02.